The summed E-state index contributed by atoms with van der Waals surface area (Å²) in [5.74, 6) is 0. The summed E-state index contributed by atoms with van der Waals surface area (Å²) in [7, 11) is 0. The highest BCUT2D eigenvalue weighted by molar-refractivity contribution is 6.33. The van der Waals surface area contributed by atoms with E-state index in [9.17, 15) is 0 Å². The van der Waals surface area contributed by atoms with Gasteiger partial charge in [-0.05, 0) is 26.0 Å². The fraction of sp³-hybridized carbons (Fsp3) is 0.250. The second-order valence-electron chi connectivity index (χ2n) is 3.96. The van der Waals surface area contributed by atoms with Crippen LogP contribution in [0.15, 0.2) is 30.5 Å². The Hall–Kier alpha value is -1.48. The van der Waals surface area contributed by atoms with E-state index in [0.717, 1.165) is 11.3 Å². The van der Waals surface area contributed by atoms with Crippen molar-refractivity contribution in [3.05, 3.63) is 35.5 Å². The molecule has 0 aliphatic carbocycles. The number of anilines is 1. The fourth-order valence-electron chi connectivity index (χ4n) is 1.70. The molecular formula is C12H14ClN3. The lowest BCUT2D eigenvalue weighted by Gasteiger charge is -2.13. The Morgan fingerprint density at radius 1 is 1.31 bits per heavy atom. The molecule has 2 rings (SSSR count). The van der Waals surface area contributed by atoms with E-state index in [-0.39, 0.29) is 0 Å². The quantitative estimate of drug-likeness (QED) is 0.812. The largest absolute Gasteiger partial charge is 0.397 e. The molecule has 16 heavy (non-hydrogen) atoms. The van der Waals surface area contributed by atoms with Gasteiger partial charge in [-0.25, -0.2) is 0 Å². The fourth-order valence-corrected chi connectivity index (χ4v) is 1.87. The number of para-hydroxylation sites is 1. The first-order chi connectivity index (χ1) is 7.61. The van der Waals surface area contributed by atoms with Crippen molar-refractivity contribution < 1.29 is 0 Å². The van der Waals surface area contributed by atoms with Crippen LogP contribution < -0.4 is 5.73 Å². The summed E-state index contributed by atoms with van der Waals surface area (Å²) in [4.78, 5) is 0. The summed E-state index contributed by atoms with van der Waals surface area (Å²) in [5, 5.41) is 4.86. The van der Waals surface area contributed by atoms with Crippen molar-refractivity contribution in [2.45, 2.75) is 19.9 Å². The van der Waals surface area contributed by atoms with Gasteiger partial charge >= 0.3 is 0 Å². The molecule has 0 amide bonds. The molecular weight excluding hydrogens is 222 g/mol. The average Bonchev–Trinajstić information content (AvgIpc) is 2.70. The van der Waals surface area contributed by atoms with Crippen molar-refractivity contribution in [3.63, 3.8) is 0 Å². The number of hydrogen-bond donors (Lipinski definition) is 1. The molecule has 1 aromatic carbocycles. The number of aromatic nitrogens is 2. The summed E-state index contributed by atoms with van der Waals surface area (Å²) in [6.45, 7) is 4.16. The van der Waals surface area contributed by atoms with Crippen molar-refractivity contribution >= 4 is 17.3 Å². The molecule has 0 saturated heterocycles. The van der Waals surface area contributed by atoms with Gasteiger partial charge in [-0.1, -0.05) is 23.7 Å². The van der Waals surface area contributed by atoms with Gasteiger partial charge in [0, 0.05) is 17.8 Å². The number of rotatable bonds is 2. The standard InChI is InChI=1S/C12H14ClN3/c1-8(2)16-11(6-7-15-16)9-4-3-5-10(13)12(9)14/h3-8H,14H2,1-2H3. The second-order valence-corrected chi connectivity index (χ2v) is 4.36. The summed E-state index contributed by atoms with van der Waals surface area (Å²) in [5.41, 5.74) is 8.50. The third-order valence-corrected chi connectivity index (χ3v) is 2.82. The first-order valence-corrected chi connectivity index (χ1v) is 5.57. The summed E-state index contributed by atoms with van der Waals surface area (Å²) in [6.07, 6.45) is 1.77. The van der Waals surface area contributed by atoms with Crippen molar-refractivity contribution in [1.29, 1.82) is 0 Å². The molecule has 0 atom stereocenters. The monoisotopic (exact) mass is 235 g/mol. The van der Waals surface area contributed by atoms with Crippen LogP contribution in [0.25, 0.3) is 11.3 Å². The van der Waals surface area contributed by atoms with E-state index in [1.54, 1.807) is 12.3 Å². The Morgan fingerprint density at radius 2 is 2.06 bits per heavy atom. The Balaban J connectivity index is 2.59. The Morgan fingerprint density at radius 3 is 2.75 bits per heavy atom. The molecule has 2 N–H and O–H groups in total. The maximum Gasteiger partial charge on any atom is 0.0706 e. The molecule has 1 heterocycles. The highest BCUT2D eigenvalue weighted by Crippen LogP contribution is 2.32. The van der Waals surface area contributed by atoms with Crippen molar-refractivity contribution in [1.82, 2.24) is 9.78 Å². The third-order valence-electron chi connectivity index (χ3n) is 2.49. The number of benzene rings is 1. The predicted octanol–water partition coefficient (Wildman–Crippen LogP) is 3.37. The molecule has 0 bridgehead atoms. The van der Waals surface area contributed by atoms with Crippen molar-refractivity contribution in [2.24, 2.45) is 0 Å². The molecule has 84 valence electrons. The third kappa shape index (κ3) is 1.78. The highest BCUT2D eigenvalue weighted by atomic mass is 35.5. The van der Waals surface area contributed by atoms with E-state index in [0.29, 0.717) is 16.8 Å². The molecule has 0 aliphatic heterocycles. The van der Waals surface area contributed by atoms with Gasteiger partial charge in [0.05, 0.1) is 16.4 Å². The average molecular weight is 236 g/mol. The summed E-state index contributed by atoms with van der Waals surface area (Å²) >= 11 is 6.01. The van der Waals surface area contributed by atoms with Gasteiger partial charge in [0.2, 0.25) is 0 Å². The number of nitrogens with two attached hydrogens (primary N) is 1. The summed E-state index contributed by atoms with van der Waals surface area (Å²) in [6, 6.07) is 7.88. The van der Waals surface area contributed by atoms with Crippen LogP contribution in [0.5, 0.6) is 0 Å². The van der Waals surface area contributed by atoms with E-state index in [1.165, 1.54) is 0 Å². The van der Waals surface area contributed by atoms with Gasteiger partial charge in [-0.2, -0.15) is 5.10 Å². The van der Waals surface area contributed by atoms with E-state index >= 15 is 0 Å². The van der Waals surface area contributed by atoms with Crippen molar-refractivity contribution in [3.8, 4) is 11.3 Å². The van der Waals surface area contributed by atoms with Gasteiger partial charge in [0.1, 0.15) is 0 Å². The topological polar surface area (TPSA) is 43.8 Å². The van der Waals surface area contributed by atoms with Gasteiger partial charge < -0.3 is 5.73 Å². The minimum absolute atomic E-state index is 0.295. The Labute approximate surface area is 99.8 Å². The number of halogens is 1. The molecule has 2 aromatic rings. The molecule has 3 nitrogen and oxygen atoms in total. The zero-order valence-electron chi connectivity index (χ0n) is 9.31. The lowest BCUT2D eigenvalue weighted by Crippen LogP contribution is -2.05. The highest BCUT2D eigenvalue weighted by Gasteiger charge is 2.12. The predicted molar refractivity (Wildman–Crippen MR) is 67.5 cm³/mol. The SMILES string of the molecule is CC(C)n1nccc1-c1cccc(Cl)c1N. The molecule has 0 aliphatic rings. The van der Waals surface area contributed by atoms with Crippen LogP contribution >= 0.6 is 11.6 Å². The normalized spacial score (nSPS) is 11.0. The van der Waals surface area contributed by atoms with Crippen LogP contribution in [0.4, 0.5) is 5.69 Å². The maximum atomic E-state index is 6.01. The van der Waals surface area contributed by atoms with Gasteiger partial charge in [0.15, 0.2) is 0 Å². The van der Waals surface area contributed by atoms with Crippen LogP contribution in [0, 0.1) is 0 Å². The zero-order valence-corrected chi connectivity index (χ0v) is 10.1. The number of nitrogen functional groups attached to an aromatic ring is 1. The van der Waals surface area contributed by atoms with Gasteiger partial charge in [-0.3, -0.25) is 4.68 Å². The number of nitrogens with zero attached hydrogens (tertiary/aromatic N) is 2. The minimum atomic E-state index is 0.295. The van der Waals surface area contributed by atoms with Gasteiger partial charge in [0.25, 0.3) is 0 Å². The van der Waals surface area contributed by atoms with Crippen LogP contribution in [-0.4, -0.2) is 9.78 Å². The first kappa shape index (κ1) is 11.0. The van der Waals surface area contributed by atoms with Crippen LogP contribution in [0.1, 0.15) is 19.9 Å². The van der Waals surface area contributed by atoms with Crippen LogP contribution in [0.3, 0.4) is 0 Å². The molecule has 4 heteroatoms. The lowest BCUT2D eigenvalue weighted by atomic mass is 10.1. The van der Waals surface area contributed by atoms with E-state index < -0.39 is 0 Å². The first-order valence-electron chi connectivity index (χ1n) is 5.19. The van der Waals surface area contributed by atoms with Crippen molar-refractivity contribution in [2.75, 3.05) is 5.73 Å². The molecule has 0 unspecified atom stereocenters. The molecule has 0 spiro atoms. The maximum absolute atomic E-state index is 6.01. The zero-order chi connectivity index (χ0) is 11.7. The Bertz CT molecular complexity index is 503. The minimum Gasteiger partial charge on any atom is -0.397 e. The molecule has 0 fully saturated rings. The van der Waals surface area contributed by atoms with Crippen LogP contribution in [0.2, 0.25) is 5.02 Å². The second kappa shape index (κ2) is 4.18. The van der Waals surface area contributed by atoms with Gasteiger partial charge in [-0.15, -0.1) is 0 Å². The number of hydrogen-bond acceptors (Lipinski definition) is 2. The molecule has 1 aromatic heterocycles. The summed E-state index contributed by atoms with van der Waals surface area (Å²) < 4.78 is 1.93. The van der Waals surface area contributed by atoms with Crippen LogP contribution in [-0.2, 0) is 0 Å². The molecule has 0 saturated carbocycles. The van der Waals surface area contributed by atoms with E-state index in [1.807, 2.05) is 22.9 Å². The molecule has 0 radical (unpaired) electrons. The van der Waals surface area contributed by atoms with E-state index in [4.69, 9.17) is 17.3 Å². The lowest BCUT2D eigenvalue weighted by molar-refractivity contribution is 0.538. The Kier molecular flexibility index (Phi) is 2.88. The van der Waals surface area contributed by atoms with E-state index in [2.05, 4.69) is 18.9 Å². The smallest absolute Gasteiger partial charge is 0.0706 e.